The van der Waals surface area contributed by atoms with Gasteiger partial charge >= 0.3 is 6.08 Å². The minimum atomic E-state index is 0.367. The van der Waals surface area contributed by atoms with E-state index in [-0.39, 0.29) is 0 Å². The second-order valence-corrected chi connectivity index (χ2v) is 5.75. The van der Waals surface area contributed by atoms with Crippen molar-refractivity contribution >= 4 is 11.1 Å². The van der Waals surface area contributed by atoms with Crippen molar-refractivity contribution < 1.29 is 13.7 Å². The molecule has 0 aliphatic carbocycles. The van der Waals surface area contributed by atoms with Crippen LogP contribution in [-0.2, 0) is 6.42 Å². The van der Waals surface area contributed by atoms with Crippen LogP contribution >= 0.6 is 0 Å². The first-order valence-electron chi connectivity index (χ1n) is 8.22. The molecule has 0 saturated heterocycles. The van der Waals surface area contributed by atoms with Crippen LogP contribution < -0.4 is 4.74 Å². The molecular formula is C18H22N2O3. The highest BCUT2D eigenvalue weighted by Crippen LogP contribution is 2.20. The molecular weight excluding hydrogens is 292 g/mol. The number of hydrogen-bond donors (Lipinski definition) is 0. The Morgan fingerprint density at radius 2 is 1.87 bits per heavy atom. The zero-order valence-electron chi connectivity index (χ0n) is 13.5. The van der Waals surface area contributed by atoms with E-state index in [4.69, 9.17) is 13.7 Å². The Morgan fingerprint density at radius 1 is 1.04 bits per heavy atom. The van der Waals surface area contributed by atoms with Gasteiger partial charge < -0.3 is 13.7 Å². The Balaban J connectivity index is 1.25. The summed E-state index contributed by atoms with van der Waals surface area (Å²) in [6.07, 6.45) is 7.04. The van der Waals surface area contributed by atoms with Crippen LogP contribution in [0.1, 0.15) is 43.6 Å². The van der Waals surface area contributed by atoms with Gasteiger partial charge in [0.25, 0.3) is 0 Å². The first-order chi connectivity index (χ1) is 11.3. The van der Waals surface area contributed by atoms with E-state index in [1.54, 1.807) is 0 Å². The maximum Gasteiger partial charge on any atom is 0.394 e. The van der Waals surface area contributed by atoms with Gasteiger partial charge in [-0.25, -0.2) is 0 Å². The molecule has 0 unspecified atom stereocenters. The van der Waals surface area contributed by atoms with E-state index in [1.807, 2.05) is 37.3 Å². The number of ether oxygens (including phenoxy) is 1. The molecule has 0 radical (unpaired) electrons. The summed E-state index contributed by atoms with van der Waals surface area (Å²) in [7, 11) is 0. The number of fused-ring (bicyclic) bond motifs is 1. The quantitative estimate of drug-likeness (QED) is 0.536. The third-order valence-corrected chi connectivity index (χ3v) is 3.74. The van der Waals surface area contributed by atoms with Crippen molar-refractivity contribution in [1.82, 2.24) is 10.1 Å². The molecule has 122 valence electrons. The molecule has 0 N–H and O–H groups in total. The number of hydrogen-bond acceptors (Lipinski definition) is 5. The predicted molar refractivity (Wildman–Crippen MR) is 87.5 cm³/mol. The maximum absolute atomic E-state index is 5.57. The van der Waals surface area contributed by atoms with Crippen LogP contribution in [0.15, 0.2) is 39.3 Å². The maximum atomic E-state index is 5.57. The van der Waals surface area contributed by atoms with Crippen molar-refractivity contribution in [3.05, 3.63) is 41.8 Å². The highest BCUT2D eigenvalue weighted by molar-refractivity contribution is 5.72. The number of benzene rings is 1. The third-order valence-electron chi connectivity index (χ3n) is 3.74. The lowest BCUT2D eigenvalue weighted by Gasteiger charge is -2.01. The van der Waals surface area contributed by atoms with Gasteiger partial charge in [0.1, 0.15) is 11.3 Å². The second-order valence-electron chi connectivity index (χ2n) is 5.75. The zero-order chi connectivity index (χ0) is 15.9. The standard InChI is InChI=1S/C18H22N2O3/c1-14-13-15(23-20-14)9-5-3-2-4-8-12-21-18-19-16-10-6-7-11-17(16)22-18/h6-7,10-11,13H,2-5,8-9,12H2,1H3. The zero-order valence-corrected chi connectivity index (χ0v) is 13.5. The van der Waals surface area contributed by atoms with Crippen LogP contribution in [0.25, 0.3) is 11.1 Å². The van der Waals surface area contributed by atoms with Gasteiger partial charge in [0.2, 0.25) is 0 Å². The van der Waals surface area contributed by atoms with E-state index in [1.165, 1.54) is 12.8 Å². The van der Waals surface area contributed by atoms with E-state index in [0.29, 0.717) is 12.7 Å². The van der Waals surface area contributed by atoms with Crippen molar-refractivity contribution in [3.8, 4) is 6.08 Å². The van der Waals surface area contributed by atoms with Gasteiger partial charge in [-0.05, 0) is 31.9 Å². The number of para-hydroxylation sites is 2. The number of aromatic nitrogens is 2. The average Bonchev–Trinajstić information content (AvgIpc) is 3.15. The normalized spacial score (nSPS) is 11.2. The Hall–Kier alpha value is -2.30. The lowest BCUT2D eigenvalue weighted by molar-refractivity contribution is 0.230. The van der Waals surface area contributed by atoms with Gasteiger partial charge in [-0.3, -0.25) is 0 Å². The molecule has 0 fully saturated rings. The van der Waals surface area contributed by atoms with Gasteiger partial charge in [-0.1, -0.05) is 36.6 Å². The molecule has 0 bridgehead atoms. The molecule has 0 aliphatic rings. The van der Waals surface area contributed by atoms with Crippen LogP contribution in [0, 0.1) is 6.92 Å². The summed E-state index contributed by atoms with van der Waals surface area (Å²) in [6.45, 7) is 2.60. The molecule has 3 aromatic rings. The number of oxazole rings is 1. The fourth-order valence-electron chi connectivity index (χ4n) is 2.54. The molecule has 5 nitrogen and oxygen atoms in total. The van der Waals surface area contributed by atoms with Gasteiger partial charge in [-0.15, -0.1) is 0 Å². The highest BCUT2D eigenvalue weighted by Gasteiger charge is 2.05. The molecule has 3 rings (SSSR count). The van der Waals surface area contributed by atoms with Gasteiger partial charge in [0, 0.05) is 12.5 Å². The highest BCUT2D eigenvalue weighted by atomic mass is 16.6. The number of aryl methyl sites for hydroxylation is 2. The summed E-state index contributed by atoms with van der Waals surface area (Å²) in [5.41, 5.74) is 2.56. The molecule has 0 saturated carbocycles. The fourth-order valence-corrected chi connectivity index (χ4v) is 2.54. The van der Waals surface area contributed by atoms with Crippen molar-refractivity contribution in [3.63, 3.8) is 0 Å². The van der Waals surface area contributed by atoms with Crippen molar-refractivity contribution in [1.29, 1.82) is 0 Å². The van der Waals surface area contributed by atoms with Crippen LogP contribution in [0.5, 0.6) is 6.08 Å². The Bertz CT molecular complexity index is 700. The van der Waals surface area contributed by atoms with Crippen LogP contribution in [0.2, 0.25) is 0 Å². The third kappa shape index (κ3) is 4.58. The van der Waals surface area contributed by atoms with Crippen molar-refractivity contribution in [2.75, 3.05) is 6.61 Å². The van der Waals surface area contributed by atoms with Gasteiger partial charge in [0.05, 0.1) is 12.3 Å². The van der Waals surface area contributed by atoms with Crippen molar-refractivity contribution in [2.45, 2.75) is 45.4 Å². The SMILES string of the molecule is Cc1cc(CCCCCCCOc2nc3ccccc3o2)on1. The smallest absolute Gasteiger partial charge is 0.394 e. The van der Waals surface area contributed by atoms with E-state index in [9.17, 15) is 0 Å². The van der Waals surface area contributed by atoms with Crippen molar-refractivity contribution in [2.24, 2.45) is 0 Å². The van der Waals surface area contributed by atoms with Gasteiger partial charge in [0.15, 0.2) is 5.58 Å². The summed E-state index contributed by atoms with van der Waals surface area (Å²) >= 11 is 0. The predicted octanol–water partition coefficient (Wildman–Crippen LogP) is 4.70. The summed E-state index contributed by atoms with van der Waals surface area (Å²) in [4.78, 5) is 4.29. The van der Waals surface area contributed by atoms with E-state index < -0.39 is 0 Å². The van der Waals surface area contributed by atoms with E-state index >= 15 is 0 Å². The number of unbranched alkanes of at least 4 members (excludes halogenated alkanes) is 4. The lowest BCUT2D eigenvalue weighted by Crippen LogP contribution is -1.97. The van der Waals surface area contributed by atoms with Crippen LogP contribution in [0.4, 0.5) is 0 Å². The summed E-state index contributed by atoms with van der Waals surface area (Å²) in [5.74, 6) is 0.988. The number of nitrogens with zero attached hydrogens (tertiary/aromatic N) is 2. The summed E-state index contributed by atoms with van der Waals surface area (Å²) in [5, 5.41) is 3.89. The topological polar surface area (TPSA) is 61.3 Å². The summed E-state index contributed by atoms with van der Waals surface area (Å²) < 4.78 is 16.3. The second kappa shape index (κ2) is 7.81. The Kier molecular flexibility index (Phi) is 5.29. The molecule has 2 heterocycles. The first-order valence-corrected chi connectivity index (χ1v) is 8.22. The fraction of sp³-hybridized carbons (Fsp3) is 0.444. The van der Waals surface area contributed by atoms with E-state index in [0.717, 1.165) is 48.2 Å². The number of rotatable bonds is 9. The van der Waals surface area contributed by atoms with Gasteiger partial charge in [-0.2, -0.15) is 4.98 Å². The molecule has 5 heteroatoms. The molecule has 2 aromatic heterocycles. The molecule has 1 aromatic carbocycles. The van der Waals surface area contributed by atoms with Crippen LogP contribution in [-0.4, -0.2) is 16.7 Å². The summed E-state index contributed by atoms with van der Waals surface area (Å²) in [6, 6.07) is 9.69. The van der Waals surface area contributed by atoms with E-state index in [2.05, 4.69) is 10.1 Å². The largest absolute Gasteiger partial charge is 0.450 e. The molecule has 0 amide bonds. The average molecular weight is 314 g/mol. The first kappa shape index (κ1) is 15.6. The lowest BCUT2D eigenvalue weighted by atomic mass is 10.1. The van der Waals surface area contributed by atoms with Crippen LogP contribution in [0.3, 0.4) is 0 Å². The Labute approximate surface area is 135 Å². The Morgan fingerprint density at radius 3 is 2.70 bits per heavy atom. The minimum absolute atomic E-state index is 0.367. The monoisotopic (exact) mass is 314 g/mol. The molecule has 23 heavy (non-hydrogen) atoms. The molecule has 0 spiro atoms. The minimum Gasteiger partial charge on any atom is -0.450 e. The molecule has 0 aliphatic heterocycles. The molecule has 0 atom stereocenters.